The van der Waals surface area contributed by atoms with Crippen LogP contribution in [0.1, 0.15) is 18.1 Å². The topological polar surface area (TPSA) is 46.5 Å². The highest BCUT2D eigenvalue weighted by atomic mass is 32.1. The second kappa shape index (κ2) is 5.51. The number of aryl methyl sites for hydroxylation is 1. The van der Waals surface area contributed by atoms with Gasteiger partial charge in [-0.3, -0.25) is 0 Å². The molecule has 0 saturated carbocycles. The van der Waals surface area contributed by atoms with E-state index in [9.17, 15) is 9.90 Å². The Kier molecular flexibility index (Phi) is 4.31. The molecule has 0 unspecified atom stereocenters. The maximum atomic E-state index is 10.1. The fourth-order valence-corrected chi connectivity index (χ4v) is 1.64. The highest BCUT2D eigenvalue weighted by molar-refractivity contribution is 7.96. The standard InChI is InChI=1S/C11H12O3S/c1-3-14-9-4-5-10(8(2)6-9)11(13)15-7-12/h4-6,13H,3H2,1-2H3. The second-order valence-electron chi connectivity index (χ2n) is 2.90. The zero-order valence-corrected chi connectivity index (χ0v) is 9.43. The van der Waals surface area contributed by atoms with Gasteiger partial charge in [0, 0.05) is 5.56 Å². The van der Waals surface area contributed by atoms with Gasteiger partial charge < -0.3 is 9.84 Å². The van der Waals surface area contributed by atoms with Crippen molar-refractivity contribution < 1.29 is 14.6 Å². The Morgan fingerprint density at radius 2 is 2.33 bits per heavy atom. The zero-order chi connectivity index (χ0) is 11.3. The second-order valence-corrected chi connectivity index (χ2v) is 3.66. The summed E-state index contributed by atoms with van der Waals surface area (Å²) >= 11 is 0. The number of ether oxygens (including phenoxy) is 1. The lowest BCUT2D eigenvalue weighted by Gasteiger charge is -2.07. The summed E-state index contributed by atoms with van der Waals surface area (Å²) in [6.45, 7) is 4.36. The average Bonchev–Trinajstić information content (AvgIpc) is 2.18. The third kappa shape index (κ3) is 3.06. The molecule has 80 valence electrons. The van der Waals surface area contributed by atoms with E-state index in [0.29, 0.717) is 23.1 Å². The number of aliphatic hydroxyl groups excluding tert-OH is 1. The van der Waals surface area contributed by atoms with Gasteiger partial charge >= 0.3 is 0 Å². The van der Waals surface area contributed by atoms with Gasteiger partial charge in [0.1, 0.15) is 10.8 Å². The summed E-state index contributed by atoms with van der Waals surface area (Å²) in [4.78, 5) is 10.1. The van der Waals surface area contributed by atoms with Gasteiger partial charge in [-0.2, -0.15) is 0 Å². The van der Waals surface area contributed by atoms with E-state index in [2.05, 4.69) is 0 Å². The third-order valence-electron chi connectivity index (χ3n) is 1.88. The molecule has 0 spiro atoms. The monoisotopic (exact) mass is 224 g/mol. The van der Waals surface area contributed by atoms with Crippen LogP contribution in [0.5, 0.6) is 5.75 Å². The number of benzene rings is 1. The molecular formula is C11H12O3S. The molecule has 0 fully saturated rings. The molecule has 0 bridgehead atoms. The minimum absolute atomic E-state index is 0.0365. The molecule has 15 heavy (non-hydrogen) atoms. The van der Waals surface area contributed by atoms with Gasteiger partial charge in [-0.05, 0) is 48.6 Å². The van der Waals surface area contributed by atoms with Crippen LogP contribution in [0.4, 0.5) is 0 Å². The van der Waals surface area contributed by atoms with E-state index in [1.807, 2.05) is 19.9 Å². The van der Waals surface area contributed by atoms with E-state index in [1.165, 1.54) is 0 Å². The summed E-state index contributed by atoms with van der Waals surface area (Å²) in [7, 11) is 0.644. The van der Waals surface area contributed by atoms with E-state index in [-0.39, 0.29) is 5.05 Å². The van der Waals surface area contributed by atoms with Crippen molar-refractivity contribution in [3.05, 3.63) is 29.3 Å². The molecule has 4 heteroatoms. The van der Waals surface area contributed by atoms with Gasteiger partial charge in [-0.25, -0.2) is 4.79 Å². The van der Waals surface area contributed by atoms with Gasteiger partial charge in [0.25, 0.3) is 0 Å². The van der Waals surface area contributed by atoms with Crippen molar-refractivity contribution in [3.63, 3.8) is 0 Å². The maximum absolute atomic E-state index is 10.1. The first kappa shape index (κ1) is 11.7. The molecular weight excluding hydrogens is 212 g/mol. The molecule has 0 atom stereocenters. The minimum atomic E-state index is -0.0365. The predicted molar refractivity (Wildman–Crippen MR) is 62.4 cm³/mol. The lowest BCUT2D eigenvalue weighted by atomic mass is 10.1. The van der Waals surface area contributed by atoms with E-state index in [1.54, 1.807) is 17.4 Å². The largest absolute Gasteiger partial charge is 0.494 e. The van der Waals surface area contributed by atoms with Crippen molar-refractivity contribution in [1.82, 2.24) is 0 Å². The van der Waals surface area contributed by atoms with Gasteiger partial charge in [0.05, 0.1) is 6.61 Å². The highest BCUT2D eigenvalue weighted by Crippen LogP contribution is 2.17. The van der Waals surface area contributed by atoms with Gasteiger partial charge in [-0.1, -0.05) is 0 Å². The van der Waals surface area contributed by atoms with Crippen LogP contribution in [0, 0.1) is 6.92 Å². The molecule has 0 radical (unpaired) electrons. The van der Waals surface area contributed by atoms with Crippen LogP contribution in [-0.4, -0.2) is 22.0 Å². The highest BCUT2D eigenvalue weighted by Gasteiger charge is 2.03. The van der Waals surface area contributed by atoms with Crippen LogP contribution < -0.4 is 4.74 Å². The Morgan fingerprint density at radius 1 is 1.60 bits per heavy atom. The lowest BCUT2D eigenvalue weighted by Crippen LogP contribution is -2.00. The zero-order valence-electron chi connectivity index (χ0n) is 8.61. The van der Waals surface area contributed by atoms with E-state index >= 15 is 0 Å². The fourth-order valence-electron chi connectivity index (χ4n) is 1.23. The van der Waals surface area contributed by atoms with Crippen LogP contribution in [0.2, 0.25) is 0 Å². The summed E-state index contributed by atoms with van der Waals surface area (Å²) in [6, 6.07) is 5.30. The van der Waals surface area contributed by atoms with Crippen molar-refractivity contribution >= 4 is 21.2 Å². The molecule has 1 aromatic carbocycles. The molecule has 0 aliphatic carbocycles. The Morgan fingerprint density at radius 3 is 2.87 bits per heavy atom. The predicted octanol–water partition coefficient (Wildman–Crippen LogP) is 2.23. The van der Waals surface area contributed by atoms with Gasteiger partial charge in [0.2, 0.25) is 0 Å². The number of rotatable bonds is 3. The molecule has 0 aliphatic heterocycles. The number of hydrogen-bond donors (Lipinski definition) is 1. The Bertz CT molecular complexity index is 441. The average molecular weight is 224 g/mol. The van der Waals surface area contributed by atoms with Gasteiger partial charge in [0.15, 0.2) is 5.23 Å². The van der Waals surface area contributed by atoms with Crippen LogP contribution in [0.25, 0.3) is 0 Å². The number of carbonyl (C=O) groups excluding carboxylic acids is 1. The van der Waals surface area contributed by atoms with Crippen molar-refractivity contribution in [2.24, 2.45) is 0 Å². The summed E-state index contributed by atoms with van der Waals surface area (Å²) in [6.07, 6.45) is 0. The van der Waals surface area contributed by atoms with Crippen molar-refractivity contribution in [3.8, 4) is 5.75 Å². The number of aliphatic hydroxyl groups is 1. The molecule has 0 saturated heterocycles. The maximum Gasteiger partial charge on any atom is 0.193 e. The van der Waals surface area contributed by atoms with E-state index < -0.39 is 0 Å². The third-order valence-corrected chi connectivity index (χ3v) is 2.37. The summed E-state index contributed by atoms with van der Waals surface area (Å²) in [5.41, 5.74) is 1.49. The fraction of sp³-hybridized carbons (Fsp3) is 0.273. The van der Waals surface area contributed by atoms with Crippen LogP contribution in [0.3, 0.4) is 0 Å². The molecule has 1 rings (SSSR count). The summed E-state index contributed by atoms with van der Waals surface area (Å²) in [5.74, 6) is 0.756. The van der Waals surface area contributed by atoms with Crippen LogP contribution in [0.15, 0.2) is 18.2 Å². The molecule has 1 aromatic rings. The quantitative estimate of drug-likeness (QED) is 0.801. The van der Waals surface area contributed by atoms with E-state index in [0.717, 1.165) is 11.3 Å². The summed E-state index contributed by atoms with van der Waals surface area (Å²) in [5, 5.41) is 11.0. The van der Waals surface area contributed by atoms with Crippen LogP contribution >= 0.6 is 10.9 Å². The van der Waals surface area contributed by atoms with Crippen molar-refractivity contribution in [1.29, 1.82) is 0 Å². The normalized spacial score (nSPS) is 9.27. The smallest absolute Gasteiger partial charge is 0.193 e. The van der Waals surface area contributed by atoms with Gasteiger partial charge in [-0.15, -0.1) is 0 Å². The first-order valence-corrected chi connectivity index (χ1v) is 5.34. The summed E-state index contributed by atoms with van der Waals surface area (Å²) < 4.78 is 5.31. The molecule has 0 amide bonds. The Hall–Kier alpha value is -1.35. The molecule has 0 aromatic heterocycles. The molecule has 1 N–H and O–H groups in total. The van der Waals surface area contributed by atoms with E-state index in [4.69, 9.17) is 4.74 Å². The minimum Gasteiger partial charge on any atom is -0.494 e. The SMILES string of the molecule is CCOc1ccc(C(O)=S=C=O)c(C)c1. The molecule has 3 nitrogen and oxygen atoms in total. The van der Waals surface area contributed by atoms with Crippen molar-refractivity contribution in [2.45, 2.75) is 13.8 Å². The van der Waals surface area contributed by atoms with Crippen molar-refractivity contribution in [2.75, 3.05) is 6.61 Å². The van der Waals surface area contributed by atoms with Crippen LogP contribution in [-0.2, 0) is 4.79 Å². The first-order chi connectivity index (χ1) is 7.19. The Balaban J connectivity index is 3.14. The molecule has 0 aliphatic rings. The lowest BCUT2D eigenvalue weighted by molar-refractivity contribution is 0.340. The molecule has 0 heterocycles. The number of hydrogen-bond acceptors (Lipinski definition) is 2. The Labute approximate surface area is 91.9 Å². The first-order valence-electron chi connectivity index (χ1n) is 4.52.